The lowest BCUT2D eigenvalue weighted by molar-refractivity contribution is 0.298. The predicted molar refractivity (Wildman–Crippen MR) is 110 cm³/mol. The molecule has 0 aliphatic heterocycles. The molecule has 1 aromatic carbocycles. The highest BCUT2D eigenvalue weighted by Gasteiger charge is 2.16. The summed E-state index contributed by atoms with van der Waals surface area (Å²) in [5.41, 5.74) is 3.47. The van der Waals surface area contributed by atoms with Gasteiger partial charge in [0.25, 0.3) is 0 Å². The number of aryl methyl sites for hydroxylation is 2. The molecule has 2 N–H and O–H groups in total. The van der Waals surface area contributed by atoms with Crippen molar-refractivity contribution in [2.75, 3.05) is 34.3 Å². The van der Waals surface area contributed by atoms with Gasteiger partial charge in [-0.1, -0.05) is 12.1 Å². The van der Waals surface area contributed by atoms with E-state index in [0.29, 0.717) is 13.2 Å². The molecule has 1 aromatic heterocycles. The molecule has 0 saturated carbocycles. The summed E-state index contributed by atoms with van der Waals surface area (Å²) < 4.78 is 7.58. The maximum absolute atomic E-state index is 5.76. The number of nitrogens with one attached hydrogen (secondary N) is 2. The van der Waals surface area contributed by atoms with Crippen LogP contribution in [0.4, 0.5) is 0 Å². The fourth-order valence-corrected chi connectivity index (χ4v) is 2.90. The molecule has 0 fully saturated rings. The molecule has 27 heavy (non-hydrogen) atoms. The third kappa shape index (κ3) is 5.99. The molecule has 7 heteroatoms. The van der Waals surface area contributed by atoms with Gasteiger partial charge in [0.15, 0.2) is 5.96 Å². The molecule has 0 bridgehead atoms. The number of benzene rings is 1. The zero-order valence-electron chi connectivity index (χ0n) is 17.3. The average molecular weight is 373 g/mol. The first kappa shape index (κ1) is 20.8. The largest absolute Gasteiger partial charge is 0.494 e. The average Bonchev–Trinajstić information content (AvgIpc) is 3.05. The van der Waals surface area contributed by atoms with Gasteiger partial charge in [0, 0.05) is 44.5 Å². The van der Waals surface area contributed by atoms with E-state index in [1.807, 2.05) is 31.0 Å². The molecule has 7 nitrogen and oxygen atoms in total. The molecule has 0 radical (unpaired) electrons. The molecule has 0 saturated heterocycles. The highest BCUT2D eigenvalue weighted by atomic mass is 16.5. The van der Waals surface area contributed by atoms with E-state index >= 15 is 0 Å². The fourth-order valence-electron chi connectivity index (χ4n) is 2.90. The van der Waals surface area contributed by atoms with E-state index in [-0.39, 0.29) is 6.04 Å². The zero-order chi connectivity index (χ0) is 19.8. The third-order valence-corrected chi connectivity index (χ3v) is 4.39. The summed E-state index contributed by atoms with van der Waals surface area (Å²) in [6, 6.07) is 6.47. The van der Waals surface area contributed by atoms with Gasteiger partial charge >= 0.3 is 0 Å². The molecule has 2 aromatic rings. The molecule has 1 heterocycles. The predicted octanol–water partition coefficient (Wildman–Crippen LogP) is 2.10. The van der Waals surface area contributed by atoms with E-state index in [2.05, 4.69) is 64.8 Å². The minimum atomic E-state index is 0.204. The summed E-state index contributed by atoms with van der Waals surface area (Å²) in [5.74, 6) is 1.68. The summed E-state index contributed by atoms with van der Waals surface area (Å²) in [6.07, 6.45) is 3.95. The second-order valence-electron chi connectivity index (χ2n) is 6.78. The smallest absolute Gasteiger partial charge is 0.191 e. The Kier molecular flexibility index (Phi) is 7.67. The Morgan fingerprint density at radius 2 is 2.11 bits per heavy atom. The minimum Gasteiger partial charge on any atom is -0.494 e. The van der Waals surface area contributed by atoms with Crippen molar-refractivity contribution in [2.45, 2.75) is 26.4 Å². The number of aliphatic imine (C=N–C) groups is 1. The van der Waals surface area contributed by atoms with E-state index in [9.17, 15) is 0 Å². The Bertz CT molecular complexity index is 753. The SMILES string of the molecule is CCOc1cc(C)ccc1CNC(=NC)NCC(c1cnn(C)c1)N(C)C. The number of ether oxygens (including phenoxy) is 1. The van der Waals surface area contributed by atoms with E-state index < -0.39 is 0 Å². The maximum atomic E-state index is 5.76. The van der Waals surface area contributed by atoms with Crippen LogP contribution in [0, 0.1) is 6.92 Å². The van der Waals surface area contributed by atoms with Crippen molar-refractivity contribution in [3.05, 3.63) is 47.3 Å². The standard InChI is InChI=1S/C20H32N6O/c1-7-27-19-10-15(2)8-9-16(19)11-22-20(21-3)23-13-18(25(4)5)17-12-24-26(6)14-17/h8-10,12,14,18H,7,11,13H2,1-6H3,(H2,21,22,23). The first-order valence-corrected chi connectivity index (χ1v) is 9.26. The van der Waals surface area contributed by atoms with Crippen molar-refractivity contribution >= 4 is 5.96 Å². The quantitative estimate of drug-likeness (QED) is 0.549. The van der Waals surface area contributed by atoms with Crippen LogP contribution in [0.15, 0.2) is 35.6 Å². The lowest BCUT2D eigenvalue weighted by Crippen LogP contribution is -2.41. The second-order valence-corrected chi connectivity index (χ2v) is 6.78. The Morgan fingerprint density at radius 1 is 1.33 bits per heavy atom. The molecular formula is C20H32N6O. The molecular weight excluding hydrogens is 340 g/mol. The number of hydrogen-bond acceptors (Lipinski definition) is 4. The molecule has 148 valence electrons. The molecule has 0 amide bonds. The third-order valence-electron chi connectivity index (χ3n) is 4.39. The van der Waals surface area contributed by atoms with Gasteiger partial charge in [0.2, 0.25) is 0 Å². The number of aromatic nitrogens is 2. The molecule has 0 aliphatic rings. The lowest BCUT2D eigenvalue weighted by atomic mass is 10.1. The second kappa shape index (κ2) is 9.97. The Labute approximate surface area is 162 Å². The Balaban J connectivity index is 1.98. The monoisotopic (exact) mass is 372 g/mol. The van der Waals surface area contributed by atoms with Crippen LogP contribution in [0.5, 0.6) is 5.75 Å². The van der Waals surface area contributed by atoms with Crippen molar-refractivity contribution < 1.29 is 4.74 Å². The van der Waals surface area contributed by atoms with Crippen LogP contribution >= 0.6 is 0 Å². The lowest BCUT2D eigenvalue weighted by Gasteiger charge is -2.24. The van der Waals surface area contributed by atoms with Crippen molar-refractivity contribution in [3.8, 4) is 5.75 Å². The highest BCUT2D eigenvalue weighted by molar-refractivity contribution is 5.79. The van der Waals surface area contributed by atoms with Gasteiger partial charge in [0.1, 0.15) is 5.75 Å². The number of rotatable bonds is 8. The summed E-state index contributed by atoms with van der Waals surface area (Å²) in [5, 5.41) is 11.1. The van der Waals surface area contributed by atoms with Gasteiger partial charge < -0.3 is 20.3 Å². The van der Waals surface area contributed by atoms with Crippen molar-refractivity contribution in [2.24, 2.45) is 12.0 Å². The summed E-state index contributed by atoms with van der Waals surface area (Å²) in [7, 11) is 7.84. The topological polar surface area (TPSA) is 66.7 Å². The normalized spacial score (nSPS) is 12.9. The number of guanidine groups is 1. The number of nitrogens with zero attached hydrogens (tertiary/aromatic N) is 4. The van der Waals surface area contributed by atoms with Crippen LogP contribution in [0.1, 0.15) is 29.7 Å². The summed E-state index contributed by atoms with van der Waals surface area (Å²) in [4.78, 5) is 6.51. The van der Waals surface area contributed by atoms with Gasteiger partial charge in [-0.15, -0.1) is 0 Å². The van der Waals surface area contributed by atoms with Crippen LogP contribution in [0.2, 0.25) is 0 Å². The number of hydrogen-bond donors (Lipinski definition) is 2. The first-order valence-electron chi connectivity index (χ1n) is 9.26. The van der Waals surface area contributed by atoms with Crippen LogP contribution < -0.4 is 15.4 Å². The molecule has 0 aliphatic carbocycles. The Morgan fingerprint density at radius 3 is 2.70 bits per heavy atom. The van der Waals surface area contributed by atoms with Crippen molar-refractivity contribution in [1.29, 1.82) is 0 Å². The van der Waals surface area contributed by atoms with E-state index in [1.165, 1.54) is 11.1 Å². The molecule has 1 atom stereocenters. The summed E-state index contributed by atoms with van der Waals surface area (Å²) in [6.45, 7) is 6.10. The molecule has 2 rings (SSSR count). The zero-order valence-corrected chi connectivity index (χ0v) is 17.3. The first-order chi connectivity index (χ1) is 12.9. The molecule has 0 spiro atoms. The van der Waals surface area contributed by atoms with Gasteiger partial charge in [-0.3, -0.25) is 9.67 Å². The van der Waals surface area contributed by atoms with E-state index in [4.69, 9.17) is 4.74 Å². The van der Waals surface area contributed by atoms with E-state index in [1.54, 1.807) is 7.05 Å². The van der Waals surface area contributed by atoms with Gasteiger partial charge in [-0.25, -0.2) is 0 Å². The van der Waals surface area contributed by atoms with Crippen LogP contribution in [-0.4, -0.2) is 54.9 Å². The Hall–Kier alpha value is -2.54. The molecule has 1 unspecified atom stereocenters. The minimum absolute atomic E-state index is 0.204. The van der Waals surface area contributed by atoms with Crippen LogP contribution in [0.25, 0.3) is 0 Å². The fraction of sp³-hybridized carbons (Fsp3) is 0.500. The van der Waals surface area contributed by atoms with Crippen LogP contribution in [0.3, 0.4) is 0 Å². The highest BCUT2D eigenvalue weighted by Crippen LogP contribution is 2.20. The van der Waals surface area contributed by atoms with E-state index in [0.717, 1.165) is 23.8 Å². The van der Waals surface area contributed by atoms with Crippen LogP contribution in [-0.2, 0) is 13.6 Å². The van der Waals surface area contributed by atoms with Crippen molar-refractivity contribution in [3.63, 3.8) is 0 Å². The van der Waals surface area contributed by atoms with Gasteiger partial charge in [0.05, 0.1) is 18.8 Å². The van der Waals surface area contributed by atoms with Gasteiger partial charge in [-0.2, -0.15) is 5.10 Å². The summed E-state index contributed by atoms with van der Waals surface area (Å²) >= 11 is 0. The van der Waals surface area contributed by atoms with Crippen molar-refractivity contribution in [1.82, 2.24) is 25.3 Å². The van der Waals surface area contributed by atoms with Gasteiger partial charge in [-0.05, 0) is 39.6 Å². The number of likely N-dealkylation sites (N-methyl/N-ethyl adjacent to an activating group) is 1. The maximum Gasteiger partial charge on any atom is 0.191 e.